The van der Waals surface area contributed by atoms with Gasteiger partial charge in [-0.1, -0.05) is 30.3 Å². The molecule has 8 heteroatoms. The summed E-state index contributed by atoms with van der Waals surface area (Å²) in [4.78, 5) is 24.7. The van der Waals surface area contributed by atoms with E-state index in [0.29, 0.717) is 0 Å². The van der Waals surface area contributed by atoms with Gasteiger partial charge < -0.3 is 10.1 Å². The first-order valence-corrected chi connectivity index (χ1v) is 9.88. The van der Waals surface area contributed by atoms with Crippen LogP contribution >= 0.6 is 11.8 Å². The molecule has 0 bridgehead atoms. The van der Waals surface area contributed by atoms with Gasteiger partial charge in [0.15, 0.2) is 6.61 Å². The molecule has 1 aromatic heterocycles. The molecule has 0 fully saturated rings. The molecule has 0 saturated carbocycles. The van der Waals surface area contributed by atoms with Gasteiger partial charge in [-0.3, -0.25) is 9.59 Å². The zero-order valence-electron chi connectivity index (χ0n) is 16.0. The number of thioether (sulfide) groups is 1. The Kier molecular flexibility index (Phi) is 6.66. The van der Waals surface area contributed by atoms with Gasteiger partial charge in [-0.15, -0.1) is 11.8 Å². The number of anilines is 1. The molecule has 0 aliphatic carbocycles. The number of esters is 1. The third-order valence-corrected chi connectivity index (χ3v) is 5.33. The molecule has 3 rings (SSSR count). The van der Waals surface area contributed by atoms with Gasteiger partial charge in [-0.25, -0.2) is 9.07 Å². The number of ether oxygens (including phenoxy) is 1. The fourth-order valence-electron chi connectivity index (χ4n) is 2.73. The van der Waals surface area contributed by atoms with Crippen molar-refractivity contribution in [2.45, 2.75) is 18.7 Å². The Morgan fingerprint density at radius 1 is 1.10 bits per heavy atom. The molecule has 1 amide bonds. The summed E-state index contributed by atoms with van der Waals surface area (Å²) in [5, 5.41) is 6.90. The van der Waals surface area contributed by atoms with Crippen LogP contribution in [0, 0.1) is 19.7 Å². The highest BCUT2D eigenvalue weighted by Gasteiger charge is 2.16. The van der Waals surface area contributed by atoms with E-state index in [2.05, 4.69) is 10.4 Å². The summed E-state index contributed by atoms with van der Waals surface area (Å²) in [6, 6.07) is 15.5. The summed E-state index contributed by atoms with van der Waals surface area (Å²) in [6.07, 6.45) is 0. The van der Waals surface area contributed by atoms with Crippen LogP contribution in [0.5, 0.6) is 0 Å². The molecule has 3 aromatic rings. The standard InChI is InChI=1S/C21H20FN3O3S/c1-14-21(15(2)25(24-14)16-8-4-3-5-9-16)29-13-20(27)28-12-19(26)23-18-11-7-6-10-17(18)22/h3-11H,12-13H2,1-2H3,(H,23,26). The molecule has 0 aliphatic heterocycles. The largest absolute Gasteiger partial charge is 0.455 e. The third-order valence-electron chi connectivity index (χ3n) is 4.07. The molecular formula is C21H20FN3O3S. The Labute approximate surface area is 172 Å². The number of aromatic nitrogens is 2. The summed E-state index contributed by atoms with van der Waals surface area (Å²) >= 11 is 1.31. The van der Waals surface area contributed by atoms with Gasteiger partial charge in [0.2, 0.25) is 0 Å². The second-order valence-corrected chi connectivity index (χ2v) is 7.21. The maximum atomic E-state index is 13.5. The van der Waals surface area contributed by atoms with E-state index in [1.165, 1.54) is 30.0 Å². The molecule has 0 saturated heterocycles. The van der Waals surface area contributed by atoms with Crippen molar-refractivity contribution in [1.29, 1.82) is 0 Å². The Morgan fingerprint density at radius 2 is 1.79 bits per heavy atom. The average Bonchev–Trinajstić information content (AvgIpc) is 3.01. The quantitative estimate of drug-likeness (QED) is 0.470. The van der Waals surface area contributed by atoms with Gasteiger partial charge in [0.05, 0.1) is 33.4 Å². The first-order chi connectivity index (χ1) is 14.0. The highest BCUT2D eigenvalue weighted by atomic mass is 32.2. The number of rotatable bonds is 7. The van der Waals surface area contributed by atoms with Crippen molar-refractivity contribution in [3.8, 4) is 5.69 Å². The van der Waals surface area contributed by atoms with Crippen molar-refractivity contribution in [2.24, 2.45) is 0 Å². The number of halogens is 1. The molecule has 0 radical (unpaired) electrons. The number of amides is 1. The van der Waals surface area contributed by atoms with Crippen LogP contribution < -0.4 is 5.32 Å². The second-order valence-electron chi connectivity index (χ2n) is 6.22. The highest BCUT2D eigenvalue weighted by Crippen LogP contribution is 2.28. The van der Waals surface area contributed by atoms with E-state index in [9.17, 15) is 14.0 Å². The van der Waals surface area contributed by atoms with Crippen molar-refractivity contribution in [1.82, 2.24) is 9.78 Å². The summed E-state index contributed by atoms with van der Waals surface area (Å²) in [5.41, 5.74) is 2.71. The zero-order chi connectivity index (χ0) is 20.8. The van der Waals surface area contributed by atoms with E-state index < -0.39 is 24.3 Å². The minimum atomic E-state index is -0.599. The summed E-state index contributed by atoms with van der Waals surface area (Å²) in [6.45, 7) is 3.33. The van der Waals surface area contributed by atoms with E-state index in [1.54, 1.807) is 6.07 Å². The molecular weight excluding hydrogens is 393 g/mol. The average molecular weight is 413 g/mol. The zero-order valence-corrected chi connectivity index (χ0v) is 16.8. The fourth-order valence-corrected chi connectivity index (χ4v) is 3.62. The SMILES string of the molecule is Cc1nn(-c2ccccc2)c(C)c1SCC(=O)OCC(=O)Nc1ccccc1F. The molecule has 0 atom stereocenters. The number of hydrogen-bond acceptors (Lipinski definition) is 5. The molecule has 1 heterocycles. The maximum absolute atomic E-state index is 13.5. The number of nitrogens with one attached hydrogen (secondary N) is 1. The number of nitrogens with zero attached hydrogens (tertiary/aromatic N) is 2. The molecule has 2 aromatic carbocycles. The lowest BCUT2D eigenvalue weighted by molar-refractivity contribution is -0.144. The third kappa shape index (κ3) is 5.23. The normalized spacial score (nSPS) is 10.6. The Morgan fingerprint density at radius 3 is 2.52 bits per heavy atom. The van der Waals surface area contributed by atoms with Gasteiger partial charge in [0, 0.05) is 0 Å². The number of hydrogen-bond donors (Lipinski definition) is 1. The van der Waals surface area contributed by atoms with Gasteiger partial charge >= 0.3 is 5.97 Å². The number of aryl methyl sites for hydroxylation is 1. The number of carbonyl (C=O) groups is 2. The van der Waals surface area contributed by atoms with Gasteiger partial charge in [-0.05, 0) is 38.1 Å². The predicted molar refractivity (Wildman–Crippen MR) is 110 cm³/mol. The first kappa shape index (κ1) is 20.6. The predicted octanol–water partition coefficient (Wildman–Crippen LogP) is 3.90. The molecule has 6 nitrogen and oxygen atoms in total. The monoisotopic (exact) mass is 413 g/mol. The van der Waals surface area contributed by atoms with Gasteiger partial charge in [-0.2, -0.15) is 5.10 Å². The van der Waals surface area contributed by atoms with E-state index in [-0.39, 0.29) is 11.4 Å². The second kappa shape index (κ2) is 9.38. The number of para-hydroxylation sites is 2. The van der Waals surface area contributed by atoms with Gasteiger partial charge in [0.1, 0.15) is 5.82 Å². The van der Waals surface area contributed by atoms with Crippen molar-refractivity contribution < 1.29 is 18.7 Å². The lowest BCUT2D eigenvalue weighted by atomic mass is 10.3. The van der Waals surface area contributed by atoms with Gasteiger partial charge in [0.25, 0.3) is 5.91 Å². The molecule has 0 aliphatic rings. The van der Waals surface area contributed by atoms with Crippen LogP contribution in [0.25, 0.3) is 5.69 Å². The Bertz CT molecular complexity index is 1020. The van der Waals surface area contributed by atoms with Crippen LogP contribution in [0.3, 0.4) is 0 Å². The van der Waals surface area contributed by atoms with Crippen LogP contribution in [0.1, 0.15) is 11.4 Å². The van der Waals surface area contributed by atoms with E-state index in [0.717, 1.165) is 22.0 Å². The smallest absolute Gasteiger partial charge is 0.316 e. The van der Waals surface area contributed by atoms with E-state index >= 15 is 0 Å². The van der Waals surface area contributed by atoms with Crippen LogP contribution in [-0.4, -0.2) is 34.0 Å². The van der Waals surface area contributed by atoms with Crippen LogP contribution in [0.15, 0.2) is 59.5 Å². The number of benzene rings is 2. The van der Waals surface area contributed by atoms with E-state index in [4.69, 9.17) is 4.74 Å². The molecule has 0 spiro atoms. The van der Waals surface area contributed by atoms with Crippen LogP contribution in [0.2, 0.25) is 0 Å². The minimum absolute atomic E-state index is 0.0368. The fraction of sp³-hybridized carbons (Fsp3) is 0.190. The highest BCUT2D eigenvalue weighted by molar-refractivity contribution is 8.00. The maximum Gasteiger partial charge on any atom is 0.316 e. The van der Waals surface area contributed by atoms with Crippen molar-refractivity contribution in [3.05, 3.63) is 71.8 Å². The van der Waals surface area contributed by atoms with Crippen molar-refractivity contribution >= 4 is 29.3 Å². The summed E-state index contributed by atoms with van der Waals surface area (Å²) in [7, 11) is 0. The first-order valence-electron chi connectivity index (χ1n) is 8.90. The summed E-state index contributed by atoms with van der Waals surface area (Å²) in [5.74, 6) is -1.65. The van der Waals surface area contributed by atoms with Crippen LogP contribution in [0.4, 0.5) is 10.1 Å². The van der Waals surface area contributed by atoms with E-state index in [1.807, 2.05) is 48.9 Å². The summed E-state index contributed by atoms with van der Waals surface area (Å²) < 4.78 is 20.3. The Balaban J connectivity index is 1.53. The van der Waals surface area contributed by atoms with Crippen molar-refractivity contribution in [3.63, 3.8) is 0 Å². The topological polar surface area (TPSA) is 73.2 Å². The lowest BCUT2D eigenvalue weighted by Gasteiger charge is -2.07. The lowest BCUT2D eigenvalue weighted by Crippen LogP contribution is -2.22. The number of carbonyl (C=O) groups excluding carboxylic acids is 2. The molecule has 29 heavy (non-hydrogen) atoms. The molecule has 0 unspecified atom stereocenters. The minimum Gasteiger partial charge on any atom is -0.455 e. The Hall–Kier alpha value is -3.13. The molecule has 150 valence electrons. The van der Waals surface area contributed by atoms with Crippen LogP contribution in [-0.2, 0) is 14.3 Å². The molecule has 1 N–H and O–H groups in total. The van der Waals surface area contributed by atoms with Crippen molar-refractivity contribution in [2.75, 3.05) is 17.7 Å².